The van der Waals surface area contributed by atoms with Gasteiger partial charge in [-0.3, -0.25) is 4.79 Å². The van der Waals surface area contributed by atoms with Crippen molar-refractivity contribution in [2.45, 2.75) is 37.5 Å². The van der Waals surface area contributed by atoms with Crippen LogP contribution < -0.4 is 0 Å². The summed E-state index contributed by atoms with van der Waals surface area (Å²) in [7, 11) is -2.16. The van der Waals surface area contributed by atoms with E-state index in [1.165, 1.54) is 11.4 Å². The molecule has 2 aliphatic rings. The largest absolute Gasteiger partial charge is 0.469 e. The molecule has 1 aliphatic carbocycles. The lowest BCUT2D eigenvalue weighted by atomic mass is 10.1. The summed E-state index contributed by atoms with van der Waals surface area (Å²) in [6.45, 7) is 3.03. The summed E-state index contributed by atoms with van der Waals surface area (Å²) < 4.78 is 36.9. The van der Waals surface area contributed by atoms with Gasteiger partial charge in [-0.1, -0.05) is 6.42 Å². The number of hydrogen-bond acceptors (Lipinski definition) is 5. The van der Waals surface area contributed by atoms with Gasteiger partial charge in [-0.2, -0.15) is 4.31 Å². The van der Waals surface area contributed by atoms with Crippen molar-refractivity contribution in [3.8, 4) is 0 Å². The Morgan fingerprint density at radius 3 is 2.74 bits per heavy atom. The molecule has 0 radical (unpaired) electrons. The predicted molar refractivity (Wildman–Crippen MR) is 69.1 cm³/mol. The number of morpholine rings is 1. The Bertz CT molecular complexity index is 435. The summed E-state index contributed by atoms with van der Waals surface area (Å²) in [6.07, 6.45) is 1.88. The Labute approximate surface area is 114 Å². The molecule has 6 nitrogen and oxygen atoms in total. The maximum Gasteiger partial charge on any atom is 0.310 e. The molecule has 1 saturated heterocycles. The average Bonchev–Trinajstić information content (AvgIpc) is 2.88. The molecule has 0 aromatic carbocycles. The maximum atomic E-state index is 12.7. The molecule has 110 valence electrons. The van der Waals surface area contributed by atoms with E-state index >= 15 is 0 Å². The number of methoxy groups -OCH3 is 1. The monoisotopic (exact) mass is 291 g/mol. The zero-order valence-corrected chi connectivity index (χ0v) is 12.2. The normalized spacial score (nSPS) is 33.3. The van der Waals surface area contributed by atoms with Crippen LogP contribution in [0.15, 0.2) is 0 Å². The van der Waals surface area contributed by atoms with Crippen molar-refractivity contribution in [3.63, 3.8) is 0 Å². The SMILES string of the molecule is COC(=O)C1CCCC1S(=O)(=O)N1CCOC[C@H]1C. The van der Waals surface area contributed by atoms with Crippen LogP contribution in [-0.2, 0) is 24.3 Å². The molecule has 19 heavy (non-hydrogen) atoms. The summed E-state index contributed by atoms with van der Waals surface area (Å²) in [5.74, 6) is -0.933. The highest BCUT2D eigenvalue weighted by atomic mass is 32.2. The highest BCUT2D eigenvalue weighted by Crippen LogP contribution is 2.34. The number of nitrogens with zero attached hydrogens (tertiary/aromatic N) is 1. The number of esters is 1. The van der Waals surface area contributed by atoms with Crippen molar-refractivity contribution < 1.29 is 22.7 Å². The van der Waals surface area contributed by atoms with Gasteiger partial charge >= 0.3 is 5.97 Å². The van der Waals surface area contributed by atoms with Crippen molar-refractivity contribution in [3.05, 3.63) is 0 Å². The first-order valence-electron chi connectivity index (χ1n) is 6.64. The van der Waals surface area contributed by atoms with Crippen LogP contribution in [0.5, 0.6) is 0 Å². The minimum absolute atomic E-state index is 0.169. The van der Waals surface area contributed by atoms with Gasteiger partial charge in [0.15, 0.2) is 0 Å². The van der Waals surface area contributed by atoms with Crippen LogP contribution in [0.2, 0.25) is 0 Å². The molecule has 0 aromatic rings. The second kappa shape index (κ2) is 5.76. The van der Waals surface area contributed by atoms with E-state index in [0.29, 0.717) is 32.6 Å². The third-order valence-electron chi connectivity index (χ3n) is 3.97. The fraction of sp³-hybridized carbons (Fsp3) is 0.917. The molecule has 2 fully saturated rings. The van der Waals surface area contributed by atoms with E-state index in [2.05, 4.69) is 0 Å². The number of ether oxygens (including phenoxy) is 2. The Kier molecular flexibility index (Phi) is 4.47. The fourth-order valence-electron chi connectivity index (χ4n) is 2.97. The minimum Gasteiger partial charge on any atom is -0.469 e. The smallest absolute Gasteiger partial charge is 0.310 e. The van der Waals surface area contributed by atoms with E-state index in [-0.39, 0.29) is 6.04 Å². The maximum absolute atomic E-state index is 12.7. The van der Waals surface area contributed by atoms with Crippen molar-refractivity contribution in [2.75, 3.05) is 26.9 Å². The Balaban J connectivity index is 2.20. The van der Waals surface area contributed by atoms with Crippen LogP contribution in [0.3, 0.4) is 0 Å². The van der Waals surface area contributed by atoms with Gasteiger partial charge in [-0.05, 0) is 19.8 Å². The van der Waals surface area contributed by atoms with E-state index in [0.717, 1.165) is 6.42 Å². The topological polar surface area (TPSA) is 72.9 Å². The van der Waals surface area contributed by atoms with Gasteiger partial charge in [0.1, 0.15) is 0 Å². The first-order chi connectivity index (χ1) is 8.98. The number of sulfonamides is 1. The molecule has 0 bridgehead atoms. The molecular formula is C12H21NO5S. The van der Waals surface area contributed by atoms with Gasteiger partial charge in [0, 0.05) is 12.6 Å². The number of hydrogen-bond donors (Lipinski definition) is 0. The summed E-state index contributed by atoms with van der Waals surface area (Å²) in [5.41, 5.74) is 0. The van der Waals surface area contributed by atoms with Gasteiger partial charge in [0.05, 0.1) is 31.5 Å². The molecular weight excluding hydrogens is 270 g/mol. The van der Waals surface area contributed by atoms with Gasteiger partial charge in [-0.25, -0.2) is 8.42 Å². The average molecular weight is 291 g/mol. The summed E-state index contributed by atoms with van der Waals surface area (Å²) in [4.78, 5) is 11.7. The fourth-order valence-corrected chi connectivity index (χ4v) is 5.33. The molecule has 1 heterocycles. The van der Waals surface area contributed by atoms with Crippen molar-refractivity contribution in [2.24, 2.45) is 5.92 Å². The lowest BCUT2D eigenvalue weighted by Crippen LogP contribution is -2.51. The molecule has 0 N–H and O–H groups in total. The standard InChI is InChI=1S/C12H21NO5S/c1-9-8-18-7-6-13(9)19(15,16)11-5-3-4-10(11)12(14)17-2/h9-11H,3-8H2,1-2H3/t9-,10?,11?/m1/s1. The first kappa shape index (κ1) is 14.7. The Morgan fingerprint density at radius 2 is 2.11 bits per heavy atom. The lowest BCUT2D eigenvalue weighted by molar-refractivity contribution is -0.145. The number of carbonyl (C=O) groups is 1. The summed E-state index contributed by atoms with van der Waals surface area (Å²) >= 11 is 0. The molecule has 0 spiro atoms. The molecule has 0 amide bonds. The minimum atomic E-state index is -3.46. The van der Waals surface area contributed by atoms with Gasteiger partial charge in [0.25, 0.3) is 0 Å². The van der Waals surface area contributed by atoms with E-state index in [4.69, 9.17) is 9.47 Å². The van der Waals surface area contributed by atoms with Crippen LogP contribution in [0.1, 0.15) is 26.2 Å². The molecule has 2 rings (SSSR count). The quantitative estimate of drug-likeness (QED) is 0.703. The highest BCUT2D eigenvalue weighted by molar-refractivity contribution is 7.89. The van der Waals surface area contributed by atoms with Crippen molar-refractivity contribution in [1.82, 2.24) is 4.31 Å². The van der Waals surface area contributed by atoms with Crippen LogP contribution in [0.4, 0.5) is 0 Å². The first-order valence-corrected chi connectivity index (χ1v) is 8.15. The van der Waals surface area contributed by atoms with Gasteiger partial charge < -0.3 is 9.47 Å². The highest BCUT2D eigenvalue weighted by Gasteiger charge is 2.46. The number of rotatable bonds is 3. The van der Waals surface area contributed by atoms with Crippen molar-refractivity contribution in [1.29, 1.82) is 0 Å². The predicted octanol–water partition coefficient (Wildman–Crippen LogP) is 0.379. The van der Waals surface area contributed by atoms with Crippen LogP contribution in [-0.4, -0.2) is 56.9 Å². The molecule has 7 heteroatoms. The Hall–Kier alpha value is -0.660. The van der Waals surface area contributed by atoms with E-state index in [1.54, 1.807) is 0 Å². The van der Waals surface area contributed by atoms with E-state index in [9.17, 15) is 13.2 Å². The third-order valence-corrected chi connectivity index (χ3v) is 6.50. The molecule has 1 aliphatic heterocycles. The second-order valence-corrected chi connectivity index (χ2v) is 7.28. The second-order valence-electron chi connectivity index (χ2n) is 5.18. The molecule has 0 aromatic heterocycles. The molecule has 3 atom stereocenters. The van der Waals surface area contributed by atoms with E-state index < -0.39 is 27.2 Å². The third kappa shape index (κ3) is 2.78. The van der Waals surface area contributed by atoms with Gasteiger partial charge in [0.2, 0.25) is 10.0 Å². The molecule has 2 unspecified atom stereocenters. The van der Waals surface area contributed by atoms with Crippen molar-refractivity contribution >= 4 is 16.0 Å². The molecule has 1 saturated carbocycles. The van der Waals surface area contributed by atoms with Crippen LogP contribution in [0, 0.1) is 5.92 Å². The van der Waals surface area contributed by atoms with Crippen LogP contribution >= 0.6 is 0 Å². The lowest BCUT2D eigenvalue weighted by Gasteiger charge is -2.35. The Morgan fingerprint density at radius 1 is 1.37 bits per heavy atom. The zero-order valence-electron chi connectivity index (χ0n) is 11.4. The van der Waals surface area contributed by atoms with Gasteiger partial charge in [-0.15, -0.1) is 0 Å². The zero-order chi connectivity index (χ0) is 14.0. The van der Waals surface area contributed by atoms with E-state index in [1.807, 2.05) is 6.92 Å². The number of carbonyl (C=O) groups excluding carboxylic acids is 1. The summed E-state index contributed by atoms with van der Waals surface area (Å²) in [6, 6.07) is -0.169. The van der Waals surface area contributed by atoms with Crippen LogP contribution in [0.25, 0.3) is 0 Å². The summed E-state index contributed by atoms with van der Waals surface area (Å²) in [5, 5.41) is -0.638.